The van der Waals surface area contributed by atoms with E-state index in [2.05, 4.69) is 6.92 Å². The van der Waals surface area contributed by atoms with Crippen molar-refractivity contribution in [2.45, 2.75) is 6.42 Å². The van der Waals surface area contributed by atoms with Crippen LogP contribution in [0.25, 0.3) is 0 Å². The lowest BCUT2D eigenvalue weighted by Crippen LogP contribution is -1.81. The second kappa shape index (κ2) is 6.83. The average Bonchev–Trinajstić information content (AvgIpc) is 1.81. The van der Waals surface area contributed by atoms with E-state index < -0.39 is 0 Å². The predicted molar refractivity (Wildman–Crippen MR) is 35.8 cm³/mol. The maximum absolute atomic E-state index is 5.30. The first-order valence-electron chi connectivity index (χ1n) is 2.53. The Balaban J connectivity index is 2.80. The lowest BCUT2D eigenvalue weighted by atomic mass is 10.5. The van der Waals surface area contributed by atoms with Gasteiger partial charge in [0.15, 0.2) is 0 Å². The van der Waals surface area contributed by atoms with E-state index in [9.17, 15) is 0 Å². The van der Waals surface area contributed by atoms with Gasteiger partial charge in [0.1, 0.15) is 0 Å². The molecule has 0 amide bonds. The van der Waals surface area contributed by atoms with Crippen LogP contribution in [0.5, 0.6) is 0 Å². The predicted octanol–water partition coefficient (Wildman–Crippen LogP) is 1.98. The summed E-state index contributed by atoms with van der Waals surface area (Å²) in [4.78, 5) is 0. The van der Waals surface area contributed by atoms with Gasteiger partial charge in [-0.15, -0.1) is 11.6 Å². The van der Waals surface area contributed by atoms with Crippen molar-refractivity contribution in [3.05, 3.63) is 19.3 Å². The van der Waals surface area contributed by atoms with E-state index in [1.54, 1.807) is 12.3 Å². The Labute approximate surface area is 55.3 Å². The zero-order chi connectivity index (χ0) is 6.24. The molecule has 0 aliphatic rings. The topological polar surface area (TPSA) is 9.23 Å². The van der Waals surface area contributed by atoms with Crippen LogP contribution in [0.4, 0.5) is 0 Å². The fourth-order valence-electron chi connectivity index (χ4n) is 0.256. The second-order valence-electron chi connectivity index (χ2n) is 1.25. The van der Waals surface area contributed by atoms with Gasteiger partial charge < -0.3 is 4.74 Å². The molecule has 0 bridgehead atoms. The molecule has 0 spiro atoms. The van der Waals surface area contributed by atoms with Crippen molar-refractivity contribution in [2.24, 2.45) is 0 Å². The van der Waals surface area contributed by atoms with Crippen LogP contribution >= 0.6 is 11.6 Å². The third kappa shape index (κ3) is 5.83. The van der Waals surface area contributed by atoms with Gasteiger partial charge in [-0.05, 0) is 19.4 Å². The Morgan fingerprint density at radius 1 is 1.62 bits per heavy atom. The van der Waals surface area contributed by atoms with Gasteiger partial charge in [-0.3, -0.25) is 0 Å². The van der Waals surface area contributed by atoms with Crippen molar-refractivity contribution in [2.75, 3.05) is 12.5 Å². The molecule has 2 heteroatoms. The molecule has 8 heavy (non-hydrogen) atoms. The fourth-order valence-corrected chi connectivity index (χ4v) is 0.329. The van der Waals surface area contributed by atoms with E-state index in [1.807, 2.05) is 0 Å². The number of halogens is 1. The molecule has 0 fully saturated rings. The van der Waals surface area contributed by atoms with Crippen molar-refractivity contribution in [1.29, 1.82) is 0 Å². The molecule has 1 nitrogen and oxygen atoms in total. The van der Waals surface area contributed by atoms with Crippen LogP contribution in [0.1, 0.15) is 6.42 Å². The van der Waals surface area contributed by atoms with Gasteiger partial charge in [0.25, 0.3) is 0 Å². The summed E-state index contributed by atoms with van der Waals surface area (Å²) in [6, 6.07) is 0. The van der Waals surface area contributed by atoms with Crippen molar-refractivity contribution in [3.63, 3.8) is 0 Å². The van der Waals surface area contributed by atoms with Crippen molar-refractivity contribution < 1.29 is 4.74 Å². The molecule has 0 saturated heterocycles. The highest BCUT2D eigenvalue weighted by atomic mass is 35.5. The van der Waals surface area contributed by atoms with E-state index in [0.717, 1.165) is 6.42 Å². The summed E-state index contributed by atoms with van der Waals surface area (Å²) in [5, 5.41) is 0. The van der Waals surface area contributed by atoms with Crippen LogP contribution in [0, 0.1) is 6.92 Å². The normalized spacial score (nSPS) is 10.2. The molecule has 0 unspecified atom stereocenters. The van der Waals surface area contributed by atoms with Gasteiger partial charge in [-0.1, -0.05) is 0 Å². The van der Waals surface area contributed by atoms with Gasteiger partial charge in [0.2, 0.25) is 0 Å². The number of alkyl halides is 1. The molecule has 0 atom stereocenters. The van der Waals surface area contributed by atoms with Crippen molar-refractivity contribution in [3.8, 4) is 0 Å². The Morgan fingerprint density at radius 2 is 2.38 bits per heavy atom. The zero-order valence-corrected chi connectivity index (χ0v) is 5.53. The van der Waals surface area contributed by atoms with Gasteiger partial charge in [0, 0.05) is 5.88 Å². The summed E-state index contributed by atoms with van der Waals surface area (Å²) in [6.45, 7) is 4.27. The lowest BCUT2D eigenvalue weighted by Gasteiger charge is -1.92. The van der Waals surface area contributed by atoms with Gasteiger partial charge >= 0.3 is 0 Å². The third-order valence-corrected chi connectivity index (χ3v) is 0.722. The molecule has 0 aliphatic carbocycles. The SMILES string of the molecule is [CH2]CCOC=CCCl. The molecular weight excluding hydrogens is 124 g/mol. The zero-order valence-electron chi connectivity index (χ0n) is 4.77. The van der Waals surface area contributed by atoms with Crippen LogP contribution in [0.3, 0.4) is 0 Å². The summed E-state index contributed by atoms with van der Waals surface area (Å²) in [7, 11) is 0. The Hall–Kier alpha value is -0.170. The highest BCUT2D eigenvalue weighted by Gasteiger charge is 1.72. The van der Waals surface area contributed by atoms with Crippen molar-refractivity contribution in [1.82, 2.24) is 0 Å². The number of hydrogen-bond acceptors (Lipinski definition) is 1. The first-order valence-corrected chi connectivity index (χ1v) is 3.07. The van der Waals surface area contributed by atoms with Crippen LogP contribution in [-0.2, 0) is 4.74 Å². The summed E-state index contributed by atoms with van der Waals surface area (Å²) in [6.07, 6.45) is 4.14. The van der Waals surface area contributed by atoms with Gasteiger partial charge in [-0.2, -0.15) is 0 Å². The van der Waals surface area contributed by atoms with Gasteiger partial charge in [0.05, 0.1) is 12.9 Å². The number of rotatable bonds is 4. The second-order valence-corrected chi connectivity index (χ2v) is 1.56. The largest absolute Gasteiger partial charge is 0.501 e. The lowest BCUT2D eigenvalue weighted by molar-refractivity contribution is 0.255. The van der Waals surface area contributed by atoms with Crippen LogP contribution in [0.15, 0.2) is 12.3 Å². The minimum atomic E-state index is 0.511. The van der Waals surface area contributed by atoms with Crippen LogP contribution in [0.2, 0.25) is 0 Å². The summed E-state index contributed by atoms with van der Waals surface area (Å²) in [5.41, 5.74) is 0. The molecule has 0 aromatic rings. The summed E-state index contributed by atoms with van der Waals surface area (Å²) >= 11 is 5.30. The molecule has 0 N–H and O–H groups in total. The minimum Gasteiger partial charge on any atom is -0.501 e. The minimum absolute atomic E-state index is 0.511. The first-order chi connectivity index (χ1) is 3.91. The van der Waals surface area contributed by atoms with E-state index >= 15 is 0 Å². The molecule has 0 saturated carbocycles. The monoisotopic (exact) mass is 133 g/mol. The Bertz CT molecular complexity index is 61.5. The van der Waals surface area contributed by atoms with E-state index in [4.69, 9.17) is 16.3 Å². The first kappa shape index (κ1) is 7.83. The van der Waals surface area contributed by atoms with Crippen LogP contribution < -0.4 is 0 Å². The molecule has 0 aliphatic heterocycles. The fraction of sp³-hybridized carbons (Fsp3) is 0.500. The van der Waals surface area contributed by atoms with E-state index in [1.165, 1.54) is 0 Å². The molecule has 1 radical (unpaired) electrons. The number of hydrogen-bond donors (Lipinski definition) is 0. The molecular formula is C6H10ClO. The summed E-state index contributed by atoms with van der Waals surface area (Å²) < 4.78 is 4.90. The quantitative estimate of drug-likeness (QED) is 0.324. The highest BCUT2D eigenvalue weighted by Crippen LogP contribution is 1.82. The molecule has 47 valence electrons. The van der Waals surface area contributed by atoms with Crippen molar-refractivity contribution >= 4 is 11.6 Å². The van der Waals surface area contributed by atoms with Crippen LogP contribution in [-0.4, -0.2) is 12.5 Å². The Kier molecular flexibility index (Phi) is 6.68. The highest BCUT2D eigenvalue weighted by molar-refractivity contribution is 6.18. The number of allylic oxidation sites excluding steroid dienone is 1. The molecule has 0 aromatic carbocycles. The summed E-state index contributed by atoms with van der Waals surface area (Å²) in [5.74, 6) is 0.511. The number of ether oxygens (including phenoxy) is 1. The van der Waals surface area contributed by atoms with Gasteiger partial charge in [-0.25, -0.2) is 0 Å². The van der Waals surface area contributed by atoms with E-state index in [-0.39, 0.29) is 0 Å². The standard InChI is InChI=1S/C6H10ClO/c1-2-5-8-6-3-4-7/h3,6H,1-2,4-5H2. The Morgan fingerprint density at radius 3 is 2.88 bits per heavy atom. The third-order valence-electron chi connectivity index (χ3n) is 0.544. The maximum atomic E-state index is 5.30. The molecule has 0 heterocycles. The van der Waals surface area contributed by atoms with E-state index in [0.29, 0.717) is 12.5 Å². The molecule has 0 aromatic heterocycles. The molecule has 0 rings (SSSR count). The average molecular weight is 134 g/mol. The maximum Gasteiger partial charge on any atom is 0.0873 e. The smallest absolute Gasteiger partial charge is 0.0873 e.